The quantitative estimate of drug-likeness (QED) is 0.378. The van der Waals surface area contributed by atoms with Gasteiger partial charge >= 0.3 is 0 Å². The van der Waals surface area contributed by atoms with E-state index < -0.39 is 0 Å². The number of pyridine rings is 1. The molecule has 1 amide bonds. The van der Waals surface area contributed by atoms with Crippen LogP contribution in [0.1, 0.15) is 55.7 Å². The molecule has 7 rings (SSSR count). The van der Waals surface area contributed by atoms with Crippen LogP contribution in [0.25, 0.3) is 22.3 Å². The highest BCUT2D eigenvalue weighted by molar-refractivity contribution is 5.82. The molecule has 9 nitrogen and oxygen atoms in total. The average molecular weight is 537 g/mol. The molecule has 1 N–H and O–H groups in total. The zero-order valence-electron chi connectivity index (χ0n) is 23.1. The van der Waals surface area contributed by atoms with Crippen molar-refractivity contribution in [3.05, 3.63) is 66.0 Å². The van der Waals surface area contributed by atoms with Crippen LogP contribution in [0, 0.1) is 5.92 Å². The predicted molar refractivity (Wildman–Crippen MR) is 155 cm³/mol. The molecule has 1 atom stereocenters. The Kier molecular flexibility index (Phi) is 6.67. The van der Waals surface area contributed by atoms with E-state index in [1.807, 2.05) is 6.20 Å². The number of imidazole rings is 1. The van der Waals surface area contributed by atoms with Gasteiger partial charge in [0.25, 0.3) is 0 Å². The van der Waals surface area contributed by atoms with Gasteiger partial charge in [0.2, 0.25) is 5.91 Å². The van der Waals surface area contributed by atoms with E-state index in [1.165, 1.54) is 18.4 Å². The number of anilines is 1. The molecule has 2 aliphatic heterocycles. The van der Waals surface area contributed by atoms with E-state index in [2.05, 4.69) is 78.0 Å². The van der Waals surface area contributed by atoms with E-state index in [4.69, 9.17) is 4.98 Å². The summed E-state index contributed by atoms with van der Waals surface area (Å²) < 4.78 is 0. The second kappa shape index (κ2) is 10.6. The second-order valence-electron chi connectivity index (χ2n) is 11.4. The molecule has 1 unspecified atom stereocenters. The van der Waals surface area contributed by atoms with E-state index in [0.717, 1.165) is 91.7 Å². The number of nitrogens with zero attached hydrogens (tertiary/aromatic N) is 7. The first-order valence-corrected chi connectivity index (χ1v) is 14.6. The number of piperazine rings is 1. The number of amides is 1. The summed E-state index contributed by atoms with van der Waals surface area (Å²) in [4.78, 5) is 41.3. The maximum Gasteiger partial charge on any atom is 0.225 e. The van der Waals surface area contributed by atoms with Crippen molar-refractivity contribution < 1.29 is 4.79 Å². The van der Waals surface area contributed by atoms with E-state index in [1.54, 1.807) is 6.33 Å². The number of nitrogens with one attached hydrogen (secondary N) is 1. The molecule has 3 aromatic heterocycles. The standard InChI is InChI=1S/C31H36N8O/c1-21(37-12-14-39(15-13-37)31(40)22-4-5-22)23-8-9-32-25(16-23)18-29-35-26-7-6-24(17-28(26)36-29)27-19-30(34-20-33-27)38-10-2-3-11-38/h6-9,16-17,19-22H,2-5,10-15,18H2,1H3,(H,35,36). The first-order valence-electron chi connectivity index (χ1n) is 14.6. The number of carbonyl (C=O) groups excluding carboxylic acids is 1. The van der Waals surface area contributed by atoms with Gasteiger partial charge in [0, 0.05) is 81.2 Å². The lowest BCUT2D eigenvalue weighted by Gasteiger charge is -2.38. The molecule has 9 heteroatoms. The Bertz CT molecular complexity index is 1510. The first-order chi connectivity index (χ1) is 19.6. The van der Waals surface area contributed by atoms with Crippen LogP contribution in [-0.4, -0.2) is 79.9 Å². The molecule has 1 aromatic carbocycles. The third kappa shape index (κ3) is 5.18. The predicted octanol–water partition coefficient (Wildman–Crippen LogP) is 4.22. The smallest absolute Gasteiger partial charge is 0.225 e. The van der Waals surface area contributed by atoms with Crippen molar-refractivity contribution in [1.29, 1.82) is 0 Å². The Morgan fingerprint density at radius 1 is 0.975 bits per heavy atom. The summed E-state index contributed by atoms with van der Waals surface area (Å²) in [6.45, 7) is 7.85. The van der Waals surface area contributed by atoms with Crippen LogP contribution in [0.5, 0.6) is 0 Å². The minimum absolute atomic E-state index is 0.275. The number of hydrogen-bond donors (Lipinski definition) is 1. The van der Waals surface area contributed by atoms with Gasteiger partial charge in [-0.2, -0.15) is 0 Å². The van der Waals surface area contributed by atoms with Gasteiger partial charge in [-0.1, -0.05) is 6.07 Å². The van der Waals surface area contributed by atoms with Crippen molar-refractivity contribution in [2.24, 2.45) is 5.92 Å². The zero-order valence-corrected chi connectivity index (χ0v) is 23.1. The highest BCUT2D eigenvalue weighted by atomic mass is 16.2. The Morgan fingerprint density at radius 2 is 1.80 bits per heavy atom. The monoisotopic (exact) mass is 536 g/mol. The van der Waals surface area contributed by atoms with Crippen LogP contribution >= 0.6 is 0 Å². The largest absolute Gasteiger partial charge is 0.357 e. The molecule has 0 bridgehead atoms. The van der Waals surface area contributed by atoms with Gasteiger partial charge in [0.15, 0.2) is 0 Å². The molecule has 206 valence electrons. The zero-order chi connectivity index (χ0) is 27.1. The Balaban J connectivity index is 1.03. The molecule has 3 aliphatic rings. The lowest BCUT2D eigenvalue weighted by molar-refractivity contribution is -0.134. The molecular formula is C31H36N8O. The number of H-pyrrole nitrogens is 1. The van der Waals surface area contributed by atoms with Crippen molar-refractivity contribution in [2.75, 3.05) is 44.2 Å². The number of aromatic amines is 1. The number of hydrogen-bond acceptors (Lipinski definition) is 7. The fourth-order valence-electron chi connectivity index (χ4n) is 6.08. The number of fused-ring (bicyclic) bond motifs is 1. The Labute approximate surface area is 234 Å². The third-order valence-corrected chi connectivity index (χ3v) is 8.68. The van der Waals surface area contributed by atoms with Gasteiger partial charge < -0.3 is 14.8 Å². The summed E-state index contributed by atoms with van der Waals surface area (Å²) in [6.07, 6.45) is 8.80. The summed E-state index contributed by atoms with van der Waals surface area (Å²) >= 11 is 0. The summed E-state index contributed by atoms with van der Waals surface area (Å²) in [5, 5.41) is 0. The molecule has 5 heterocycles. The van der Waals surface area contributed by atoms with Gasteiger partial charge in [-0.3, -0.25) is 14.7 Å². The van der Waals surface area contributed by atoms with Crippen molar-refractivity contribution in [2.45, 2.75) is 45.1 Å². The molecular weight excluding hydrogens is 500 g/mol. The number of aromatic nitrogens is 5. The van der Waals surface area contributed by atoms with Gasteiger partial charge in [0.1, 0.15) is 18.0 Å². The Hall–Kier alpha value is -3.85. The van der Waals surface area contributed by atoms with Crippen LogP contribution in [0.4, 0.5) is 5.82 Å². The Morgan fingerprint density at radius 3 is 2.60 bits per heavy atom. The molecule has 2 saturated heterocycles. The van der Waals surface area contributed by atoms with Crippen LogP contribution in [0.15, 0.2) is 48.9 Å². The summed E-state index contributed by atoms with van der Waals surface area (Å²) in [5.41, 5.74) is 6.17. The summed E-state index contributed by atoms with van der Waals surface area (Å²) in [7, 11) is 0. The average Bonchev–Trinajstić information content (AvgIpc) is 3.54. The lowest BCUT2D eigenvalue weighted by atomic mass is 10.1. The second-order valence-corrected chi connectivity index (χ2v) is 11.4. The van der Waals surface area contributed by atoms with Crippen LogP contribution in [0.3, 0.4) is 0 Å². The number of benzene rings is 1. The van der Waals surface area contributed by atoms with Gasteiger partial charge in [-0.25, -0.2) is 15.0 Å². The maximum absolute atomic E-state index is 12.4. The molecule has 0 spiro atoms. The van der Waals surface area contributed by atoms with Crippen molar-refractivity contribution in [1.82, 2.24) is 34.7 Å². The molecule has 40 heavy (non-hydrogen) atoms. The van der Waals surface area contributed by atoms with Crippen molar-refractivity contribution in [3.8, 4) is 11.3 Å². The highest BCUT2D eigenvalue weighted by Crippen LogP contribution is 2.32. The summed E-state index contributed by atoms with van der Waals surface area (Å²) in [5.74, 6) is 2.57. The minimum Gasteiger partial charge on any atom is -0.357 e. The van der Waals surface area contributed by atoms with Crippen LogP contribution < -0.4 is 4.90 Å². The van der Waals surface area contributed by atoms with E-state index >= 15 is 0 Å². The third-order valence-electron chi connectivity index (χ3n) is 8.68. The normalized spacial score (nSPS) is 18.9. The topological polar surface area (TPSA) is 94.1 Å². The van der Waals surface area contributed by atoms with E-state index in [0.29, 0.717) is 18.2 Å². The number of carbonyl (C=O) groups is 1. The van der Waals surface area contributed by atoms with E-state index in [9.17, 15) is 4.79 Å². The SMILES string of the molecule is CC(c1ccnc(Cc2nc3ccc(-c4cc(N5CCCC5)ncn4)cc3[nH]2)c1)N1CCN(C(=O)C2CC2)CC1. The van der Waals surface area contributed by atoms with E-state index in [-0.39, 0.29) is 6.04 Å². The van der Waals surface area contributed by atoms with Crippen molar-refractivity contribution >= 4 is 22.8 Å². The maximum atomic E-state index is 12.4. The molecule has 1 saturated carbocycles. The lowest BCUT2D eigenvalue weighted by Crippen LogP contribution is -2.49. The van der Waals surface area contributed by atoms with Gasteiger partial charge in [-0.05, 0) is 62.4 Å². The molecule has 3 fully saturated rings. The van der Waals surface area contributed by atoms with Gasteiger partial charge in [-0.15, -0.1) is 0 Å². The van der Waals surface area contributed by atoms with Crippen molar-refractivity contribution in [3.63, 3.8) is 0 Å². The van der Waals surface area contributed by atoms with Crippen LogP contribution in [-0.2, 0) is 11.2 Å². The number of rotatable bonds is 7. The minimum atomic E-state index is 0.275. The molecule has 4 aromatic rings. The van der Waals surface area contributed by atoms with Crippen LogP contribution in [0.2, 0.25) is 0 Å². The molecule has 0 radical (unpaired) electrons. The fraction of sp³-hybridized carbons (Fsp3) is 0.452. The summed E-state index contributed by atoms with van der Waals surface area (Å²) in [6, 6.07) is 12.9. The molecule has 1 aliphatic carbocycles. The highest BCUT2D eigenvalue weighted by Gasteiger charge is 2.35. The first kappa shape index (κ1) is 25.1. The van der Waals surface area contributed by atoms with Gasteiger partial charge in [0.05, 0.1) is 16.7 Å². The fourth-order valence-corrected chi connectivity index (χ4v) is 6.08.